The molecule has 0 aliphatic heterocycles. The monoisotopic (exact) mass is 649 g/mol. The molecule has 2 aromatic rings. The van der Waals surface area contributed by atoms with E-state index in [-0.39, 0.29) is 46.2 Å². The summed E-state index contributed by atoms with van der Waals surface area (Å²) in [7, 11) is -7.22. The summed E-state index contributed by atoms with van der Waals surface area (Å²) >= 11 is 0. The van der Waals surface area contributed by atoms with Crippen LogP contribution in [0.25, 0.3) is 0 Å². The second-order valence-corrected chi connectivity index (χ2v) is 12.4. The molecule has 0 saturated carbocycles. The summed E-state index contributed by atoms with van der Waals surface area (Å²) in [5.74, 6) is -1.95. The Bertz CT molecular complexity index is 1720. The zero-order chi connectivity index (χ0) is 32.9. The number of esters is 1. The fourth-order valence-electron chi connectivity index (χ4n) is 3.21. The van der Waals surface area contributed by atoms with Gasteiger partial charge in [-0.1, -0.05) is 18.7 Å². The molecule has 18 heteroatoms. The fourth-order valence-corrected chi connectivity index (χ4v) is 4.76. The maximum atomic E-state index is 12.2. The third-order valence-electron chi connectivity index (χ3n) is 5.42. The molecule has 0 aliphatic rings. The Morgan fingerprint density at radius 1 is 1.02 bits per heavy atom. The number of nitrogens with one attached hydrogen (secondary N) is 1. The average molecular weight is 650 g/mol. The molecule has 44 heavy (non-hydrogen) atoms. The first-order valence-corrected chi connectivity index (χ1v) is 15.7. The number of hydrogen-bond acceptors (Lipinski definition) is 14. The van der Waals surface area contributed by atoms with Crippen molar-refractivity contribution in [3.63, 3.8) is 0 Å². The van der Waals surface area contributed by atoms with E-state index in [0.29, 0.717) is 0 Å². The number of allylic oxidation sites excluding steroid dienone is 1. The van der Waals surface area contributed by atoms with E-state index in [1.807, 2.05) is 0 Å². The Morgan fingerprint density at radius 2 is 1.68 bits per heavy atom. The molecular weight excluding hydrogens is 618 g/mol. The lowest BCUT2D eigenvalue weighted by atomic mass is 10.2. The van der Waals surface area contributed by atoms with Gasteiger partial charge in [-0.15, -0.1) is 10.2 Å². The van der Waals surface area contributed by atoms with Crippen LogP contribution in [0.2, 0.25) is 0 Å². The Morgan fingerprint density at radius 3 is 2.27 bits per heavy atom. The predicted octanol–water partition coefficient (Wildman–Crippen LogP) is 1.89. The number of ether oxygens (including phenoxy) is 1. The van der Waals surface area contributed by atoms with E-state index in [4.69, 9.17) is 21.3 Å². The second-order valence-electron chi connectivity index (χ2n) is 8.71. The van der Waals surface area contributed by atoms with Crippen molar-refractivity contribution >= 4 is 43.2 Å². The first-order valence-electron chi connectivity index (χ1n) is 12.5. The number of aliphatic hydroxyl groups excluding tert-OH is 1. The van der Waals surface area contributed by atoms with E-state index in [2.05, 4.69) is 32.4 Å². The normalized spacial score (nSPS) is 13.1. The van der Waals surface area contributed by atoms with Gasteiger partial charge in [0, 0.05) is 12.1 Å². The number of amides is 1. The van der Waals surface area contributed by atoms with Crippen molar-refractivity contribution in [1.29, 1.82) is 0 Å². The van der Waals surface area contributed by atoms with E-state index in [0.717, 1.165) is 6.08 Å². The van der Waals surface area contributed by atoms with E-state index in [1.165, 1.54) is 43.5 Å². The number of nitrogens with two attached hydrogens (primary N) is 2. The lowest BCUT2D eigenvalue weighted by Crippen LogP contribution is -2.30. The van der Waals surface area contributed by atoms with E-state index >= 15 is 0 Å². The van der Waals surface area contributed by atoms with Gasteiger partial charge in [0.25, 0.3) is 16.0 Å². The molecule has 0 spiro atoms. The quantitative estimate of drug-likeness (QED) is 0.0804. The van der Waals surface area contributed by atoms with Crippen LogP contribution in [0.3, 0.4) is 0 Å². The van der Waals surface area contributed by atoms with Gasteiger partial charge in [-0.3, -0.25) is 9.35 Å². The molecule has 0 atom stereocenters. The summed E-state index contributed by atoms with van der Waals surface area (Å²) in [6.45, 7) is 2.37. The van der Waals surface area contributed by atoms with Crippen LogP contribution in [0.4, 0.5) is 11.4 Å². The van der Waals surface area contributed by atoms with Crippen molar-refractivity contribution in [1.82, 2.24) is 5.32 Å². The molecule has 1 amide bonds. The van der Waals surface area contributed by atoms with Crippen molar-refractivity contribution < 1.29 is 40.8 Å². The largest absolute Gasteiger partial charge is 0.465 e. The molecule has 236 valence electrons. The minimum Gasteiger partial charge on any atom is -0.465 e. The number of carbonyl (C=O) groups is 2. The minimum absolute atomic E-state index is 0.0737. The highest BCUT2D eigenvalue weighted by Crippen LogP contribution is 2.23. The van der Waals surface area contributed by atoms with Crippen LogP contribution >= 0.6 is 0 Å². The highest BCUT2D eigenvalue weighted by molar-refractivity contribution is 7.91. The van der Waals surface area contributed by atoms with E-state index in [1.54, 1.807) is 12.1 Å². The maximum Gasteiger partial charge on any atom is 0.340 e. The van der Waals surface area contributed by atoms with Crippen LogP contribution in [0.5, 0.6) is 0 Å². The molecule has 0 radical (unpaired) electrons. The van der Waals surface area contributed by atoms with Gasteiger partial charge in [0.05, 0.1) is 47.9 Å². The third-order valence-corrected chi connectivity index (χ3v) is 7.99. The summed E-state index contributed by atoms with van der Waals surface area (Å²) in [6, 6.07) is 11.7. The molecule has 0 heterocycles. The maximum absolute atomic E-state index is 12.2. The SMILES string of the molecule is C=C(N)C(=C\C(=C(\N)C/N=N/c1ccc(C(=O)NCCS(=O)(=O)CCO)cc1)S(=O)(=O)O)/N=N/c1ccccc1C(=O)OC. The number of rotatable bonds is 15. The molecular formula is C26H31N7O9S2. The Balaban J connectivity index is 2.22. The molecule has 0 bridgehead atoms. The van der Waals surface area contributed by atoms with Crippen LogP contribution in [0.15, 0.2) is 104 Å². The van der Waals surface area contributed by atoms with Crippen LogP contribution in [-0.2, 0) is 24.7 Å². The number of hydrogen-bond donors (Lipinski definition) is 5. The molecule has 0 aliphatic carbocycles. The van der Waals surface area contributed by atoms with Gasteiger partial charge in [-0.2, -0.15) is 18.6 Å². The number of sulfone groups is 1. The molecule has 0 aromatic heterocycles. The van der Waals surface area contributed by atoms with Gasteiger partial charge < -0.3 is 26.6 Å². The first kappa shape index (κ1) is 35.4. The number of methoxy groups -OCH3 is 1. The summed E-state index contributed by atoms with van der Waals surface area (Å²) < 4.78 is 61.9. The highest BCUT2D eigenvalue weighted by Gasteiger charge is 2.18. The van der Waals surface area contributed by atoms with Gasteiger partial charge in [0.2, 0.25) is 0 Å². The van der Waals surface area contributed by atoms with E-state index < -0.39 is 61.3 Å². The molecule has 2 rings (SSSR count). The summed E-state index contributed by atoms with van der Waals surface area (Å²) in [4.78, 5) is 23.4. The molecule has 2 aromatic carbocycles. The average Bonchev–Trinajstić information content (AvgIpc) is 2.96. The molecule has 0 fully saturated rings. The van der Waals surface area contributed by atoms with Crippen molar-refractivity contribution in [3.8, 4) is 0 Å². The van der Waals surface area contributed by atoms with Crippen molar-refractivity contribution in [3.05, 3.63) is 94.3 Å². The number of carbonyl (C=O) groups excluding carboxylic acids is 2. The number of azo groups is 2. The van der Waals surface area contributed by atoms with Crippen molar-refractivity contribution in [2.24, 2.45) is 31.9 Å². The molecule has 7 N–H and O–H groups in total. The zero-order valence-corrected chi connectivity index (χ0v) is 25.1. The number of nitrogens with zero attached hydrogens (tertiary/aromatic N) is 4. The third kappa shape index (κ3) is 11.1. The van der Waals surface area contributed by atoms with Gasteiger partial charge >= 0.3 is 5.97 Å². The Hall–Kier alpha value is -4.78. The highest BCUT2D eigenvalue weighted by atomic mass is 32.2. The first-order chi connectivity index (χ1) is 20.7. The smallest absolute Gasteiger partial charge is 0.340 e. The van der Waals surface area contributed by atoms with Crippen molar-refractivity contribution in [2.75, 3.05) is 38.3 Å². The van der Waals surface area contributed by atoms with E-state index in [9.17, 15) is 31.0 Å². The molecule has 16 nitrogen and oxygen atoms in total. The molecule has 0 unspecified atom stereocenters. The van der Waals surface area contributed by atoms with Crippen LogP contribution < -0.4 is 16.8 Å². The number of aliphatic hydroxyl groups is 1. The van der Waals surface area contributed by atoms with Crippen molar-refractivity contribution in [2.45, 2.75) is 0 Å². The van der Waals surface area contributed by atoms with Crippen LogP contribution in [0.1, 0.15) is 20.7 Å². The van der Waals surface area contributed by atoms with Crippen LogP contribution in [-0.4, -0.2) is 76.7 Å². The lowest BCUT2D eigenvalue weighted by Gasteiger charge is -2.07. The topological polar surface area (TPSA) is 266 Å². The Kier molecular flexibility index (Phi) is 13.0. The van der Waals surface area contributed by atoms with Gasteiger partial charge in [0.15, 0.2) is 9.84 Å². The summed E-state index contributed by atoms with van der Waals surface area (Å²) in [5, 5.41) is 26.7. The van der Waals surface area contributed by atoms with Crippen LogP contribution in [0, 0.1) is 0 Å². The predicted molar refractivity (Wildman–Crippen MR) is 160 cm³/mol. The standard InChI is InChI=1S/C26H31N7O9S2/c1-17(27)23(33-32-22-6-4-3-5-20(22)26(36)42-2)15-24(44(39,40)41)21(28)16-30-31-19-9-7-18(8-10-19)25(35)29-11-13-43(37,38)14-12-34/h3-10,15,34H,1,11-14,16,27-28H2,2H3,(H,29,35)(H,39,40,41)/b23-15+,24-21-,31-30+,33-32+. The Labute approximate surface area is 253 Å². The second kappa shape index (κ2) is 16.2. The molecule has 0 saturated heterocycles. The fraction of sp³-hybridized carbons (Fsp3) is 0.231. The summed E-state index contributed by atoms with van der Waals surface area (Å²) in [6.07, 6.45) is 0.829. The van der Waals surface area contributed by atoms with Gasteiger partial charge in [0.1, 0.15) is 22.8 Å². The minimum atomic E-state index is -4.92. The number of benzene rings is 2. The summed E-state index contributed by atoms with van der Waals surface area (Å²) in [5.41, 5.74) is 11.3. The van der Waals surface area contributed by atoms with Gasteiger partial charge in [-0.05, 0) is 42.5 Å². The lowest BCUT2D eigenvalue weighted by molar-refractivity contribution is 0.0601. The van der Waals surface area contributed by atoms with Gasteiger partial charge in [-0.25, -0.2) is 13.2 Å². The zero-order valence-electron chi connectivity index (χ0n) is 23.5.